The van der Waals surface area contributed by atoms with Crippen LogP contribution in [0, 0.1) is 0 Å². The Morgan fingerprint density at radius 1 is 1.39 bits per heavy atom. The number of aromatic nitrogens is 2. The summed E-state index contributed by atoms with van der Waals surface area (Å²) < 4.78 is 56.0. The number of benzene rings is 1. The van der Waals surface area contributed by atoms with Gasteiger partial charge in [-0.1, -0.05) is 27.7 Å². The Kier molecular flexibility index (Phi) is 7.04. The molecule has 11 nitrogen and oxygen atoms in total. The number of carbonyl (C=O) groups excluding carboxylic acids is 1. The Labute approximate surface area is 196 Å². The Bertz CT molecular complexity index is 1210. The second-order valence-electron chi connectivity index (χ2n) is 6.81. The van der Waals surface area contributed by atoms with Crippen LogP contribution < -0.4 is 16.0 Å². The van der Waals surface area contributed by atoms with Gasteiger partial charge >= 0.3 is 17.8 Å². The van der Waals surface area contributed by atoms with Crippen LogP contribution in [0.2, 0.25) is 0 Å². The molecule has 0 amide bonds. The van der Waals surface area contributed by atoms with Gasteiger partial charge in [-0.15, -0.1) is 0 Å². The van der Waals surface area contributed by atoms with E-state index in [0.717, 1.165) is 0 Å². The molecule has 0 radical (unpaired) electrons. The molecule has 3 atom stereocenters. The van der Waals surface area contributed by atoms with Gasteiger partial charge in [0.2, 0.25) is 0 Å². The fourth-order valence-corrected chi connectivity index (χ4v) is 3.99. The van der Waals surface area contributed by atoms with Gasteiger partial charge in [-0.05, 0) is 29.8 Å². The van der Waals surface area contributed by atoms with Crippen LogP contribution in [-0.2, 0) is 15.7 Å². The molecule has 0 bridgehead atoms. The van der Waals surface area contributed by atoms with Crippen LogP contribution >= 0.6 is 22.6 Å². The van der Waals surface area contributed by atoms with E-state index in [1.165, 1.54) is 31.4 Å². The van der Waals surface area contributed by atoms with E-state index < -0.39 is 47.0 Å². The highest BCUT2D eigenvalue weighted by Crippen LogP contribution is 2.41. The lowest BCUT2D eigenvalue weighted by Gasteiger charge is -2.27. The van der Waals surface area contributed by atoms with Crippen molar-refractivity contribution in [3.05, 3.63) is 72.9 Å². The van der Waals surface area contributed by atoms with Crippen molar-refractivity contribution < 1.29 is 32.2 Å². The summed E-state index contributed by atoms with van der Waals surface area (Å²) in [7, 11) is 1.45. The maximum Gasteiger partial charge on any atom is 0.423 e. The molecule has 33 heavy (non-hydrogen) atoms. The smallest absolute Gasteiger partial charge is 0.423 e. The number of hydrogen-bond acceptors (Lipinski definition) is 7. The fraction of sp³-hybridized carbons (Fsp3) is 0.389. The number of methoxy groups -OCH3 is 1. The number of nitrogens with zero attached hydrogens (tertiary/aromatic N) is 4. The van der Waals surface area contributed by atoms with Gasteiger partial charge in [-0.25, -0.2) is 9.59 Å². The minimum Gasteiger partial charge on any atom is -0.497 e. The molecule has 2 aromatic rings. The van der Waals surface area contributed by atoms with E-state index in [9.17, 15) is 27.6 Å². The van der Waals surface area contributed by atoms with Gasteiger partial charge in [0.25, 0.3) is 5.56 Å². The molecule has 1 aromatic heterocycles. The molecule has 1 N–H and O–H groups in total. The van der Waals surface area contributed by atoms with E-state index in [-0.39, 0.29) is 16.4 Å². The molecule has 176 valence electrons. The summed E-state index contributed by atoms with van der Waals surface area (Å²) in [5.74, 6) is -0.330. The zero-order chi connectivity index (χ0) is 24.4. The van der Waals surface area contributed by atoms with Crippen LogP contribution in [0.4, 0.5) is 13.2 Å². The summed E-state index contributed by atoms with van der Waals surface area (Å²) in [6.07, 6.45) is -7.73. The molecule has 1 aliphatic heterocycles. The first-order valence-corrected chi connectivity index (χ1v) is 10.6. The summed E-state index contributed by atoms with van der Waals surface area (Å²) in [6, 6.07) is 5.88. The minimum atomic E-state index is -5.03. The van der Waals surface area contributed by atoms with E-state index in [1.54, 1.807) is 27.6 Å². The second kappa shape index (κ2) is 9.44. The number of ether oxygens (including phenoxy) is 3. The average Bonchev–Trinajstić information content (AvgIpc) is 3.11. The Hall–Kier alpha value is -3.04. The summed E-state index contributed by atoms with van der Waals surface area (Å²) in [5, 5.41) is 3.57. The molecule has 0 aliphatic carbocycles. The number of halogens is 4. The number of aromatic amines is 1. The molecular weight excluding hydrogens is 566 g/mol. The average molecular weight is 581 g/mol. The van der Waals surface area contributed by atoms with Crippen molar-refractivity contribution in [3.8, 4) is 5.75 Å². The van der Waals surface area contributed by atoms with Crippen molar-refractivity contribution in [3.63, 3.8) is 0 Å². The second-order valence-corrected chi connectivity index (χ2v) is 7.57. The van der Waals surface area contributed by atoms with Gasteiger partial charge in [0.05, 0.1) is 12.7 Å². The number of H-pyrrole nitrogens is 1. The van der Waals surface area contributed by atoms with Crippen molar-refractivity contribution in [1.82, 2.24) is 9.55 Å². The van der Waals surface area contributed by atoms with Crippen LogP contribution in [0.3, 0.4) is 0 Å². The van der Waals surface area contributed by atoms with Crippen LogP contribution in [0.5, 0.6) is 5.75 Å². The number of alkyl halides is 4. The third kappa shape index (κ3) is 4.99. The molecule has 1 fully saturated rings. The number of hydrogen-bond donors (Lipinski definition) is 1. The molecule has 0 spiro atoms. The largest absolute Gasteiger partial charge is 0.497 e. The summed E-state index contributed by atoms with van der Waals surface area (Å²) in [5.41, 5.74) is 2.92. The first-order valence-electron chi connectivity index (χ1n) is 9.12. The van der Waals surface area contributed by atoms with Crippen LogP contribution in [0.15, 0.2) is 45.2 Å². The van der Waals surface area contributed by atoms with Gasteiger partial charge in [-0.3, -0.25) is 14.3 Å². The first-order chi connectivity index (χ1) is 15.5. The maximum absolute atomic E-state index is 13.2. The zero-order valence-electron chi connectivity index (χ0n) is 16.7. The first kappa shape index (κ1) is 24.6. The molecule has 2 heterocycles. The SMILES string of the molecule is COc1ccc(C(=O)O[C@H]2C[C@@H](n3cc(C(F)(F)F)c(=O)[nH]c3=O)O[C@@]2(CI)N=[N+]=[N-])cc1. The number of azide groups is 1. The monoisotopic (exact) mass is 581 g/mol. The molecular formula is C18H15F3IN5O6. The lowest BCUT2D eigenvalue weighted by Crippen LogP contribution is -2.42. The van der Waals surface area contributed by atoms with E-state index in [4.69, 9.17) is 19.7 Å². The number of esters is 1. The number of carbonyl (C=O) groups is 1. The van der Waals surface area contributed by atoms with Crippen molar-refractivity contribution in [1.29, 1.82) is 0 Å². The molecule has 1 aliphatic rings. The molecule has 1 saturated heterocycles. The van der Waals surface area contributed by atoms with Gasteiger partial charge in [0.1, 0.15) is 23.6 Å². The van der Waals surface area contributed by atoms with Crippen molar-refractivity contribution >= 4 is 28.6 Å². The van der Waals surface area contributed by atoms with E-state index in [1.807, 2.05) is 0 Å². The highest BCUT2D eigenvalue weighted by atomic mass is 127. The standard InChI is InChI=1S/C18H15F3IN5O6/c1-31-10-4-2-9(3-5-10)15(29)32-12-6-13(33-17(12,8-22)25-26-23)27-7-11(18(19,20)21)14(28)24-16(27)30/h2-5,7,12-13H,6,8H2,1H3,(H,24,28,30)/t12-,13-,17+/m0/s1. The van der Waals surface area contributed by atoms with Crippen molar-refractivity contribution in [2.45, 2.75) is 30.7 Å². The number of nitrogens with one attached hydrogen (secondary N) is 1. The third-order valence-electron chi connectivity index (χ3n) is 4.82. The minimum absolute atomic E-state index is 0.0594. The Morgan fingerprint density at radius 2 is 2.06 bits per heavy atom. The lowest BCUT2D eigenvalue weighted by atomic mass is 10.1. The van der Waals surface area contributed by atoms with E-state index in [2.05, 4.69) is 10.0 Å². The van der Waals surface area contributed by atoms with Gasteiger partial charge in [-0.2, -0.15) is 13.2 Å². The van der Waals surface area contributed by atoms with Crippen LogP contribution in [0.25, 0.3) is 10.4 Å². The molecule has 3 rings (SSSR count). The third-order valence-corrected chi connectivity index (χ3v) is 5.92. The topological polar surface area (TPSA) is 148 Å². The lowest BCUT2D eigenvalue weighted by molar-refractivity contribution is -0.140. The van der Waals surface area contributed by atoms with Crippen molar-refractivity contribution in [2.24, 2.45) is 5.11 Å². The van der Waals surface area contributed by atoms with Crippen LogP contribution in [0.1, 0.15) is 28.6 Å². The summed E-state index contributed by atoms with van der Waals surface area (Å²) in [4.78, 5) is 40.7. The summed E-state index contributed by atoms with van der Waals surface area (Å²) in [6.45, 7) is 0. The Morgan fingerprint density at radius 3 is 2.61 bits per heavy atom. The normalized spacial score (nSPS) is 22.5. The highest BCUT2D eigenvalue weighted by molar-refractivity contribution is 14.1. The fourth-order valence-electron chi connectivity index (χ4n) is 3.17. The van der Waals surface area contributed by atoms with E-state index in [0.29, 0.717) is 16.5 Å². The van der Waals surface area contributed by atoms with Crippen LogP contribution in [-0.4, -0.2) is 38.9 Å². The van der Waals surface area contributed by atoms with Gasteiger partial charge in [0, 0.05) is 22.0 Å². The van der Waals surface area contributed by atoms with E-state index >= 15 is 0 Å². The zero-order valence-corrected chi connectivity index (χ0v) is 18.9. The molecule has 0 saturated carbocycles. The molecule has 15 heteroatoms. The van der Waals surface area contributed by atoms with Gasteiger partial charge in [0.15, 0.2) is 5.72 Å². The molecule has 1 aromatic carbocycles. The highest BCUT2D eigenvalue weighted by Gasteiger charge is 2.51. The maximum atomic E-state index is 13.2. The predicted octanol–water partition coefficient (Wildman–Crippen LogP) is 3.15. The van der Waals surface area contributed by atoms with Gasteiger partial charge < -0.3 is 14.2 Å². The summed E-state index contributed by atoms with van der Waals surface area (Å²) >= 11 is 1.79. The van der Waals surface area contributed by atoms with Crippen molar-refractivity contribution in [2.75, 3.05) is 11.5 Å². The Balaban J connectivity index is 1.97. The molecule has 0 unspecified atom stereocenters. The number of rotatable bonds is 6. The predicted molar refractivity (Wildman–Crippen MR) is 114 cm³/mol. The quantitative estimate of drug-likeness (QED) is 0.138.